The smallest absolute Gasteiger partial charge is 0.493 e. The van der Waals surface area contributed by atoms with E-state index < -0.39 is 56.0 Å². The first-order valence-corrected chi connectivity index (χ1v) is 15.5. The Morgan fingerprint density at radius 2 is 1.41 bits per heavy atom. The fourth-order valence-corrected chi connectivity index (χ4v) is 6.73. The van der Waals surface area contributed by atoms with Gasteiger partial charge in [-0.15, -0.1) is 0 Å². The largest absolute Gasteiger partial charge is 0.527 e. The predicted molar refractivity (Wildman–Crippen MR) is 150 cm³/mol. The summed E-state index contributed by atoms with van der Waals surface area (Å²) in [4.78, 5) is 23.6. The van der Waals surface area contributed by atoms with Crippen LogP contribution in [0.4, 0.5) is 0 Å². The summed E-state index contributed by atoms with van der Waals surface area (Å²) in [5.74, 6) is 0.175. The summed E-state index contributed by atoms with van der Waals surface area (Å²) in [6.07, 6.45) is -10.1. The van der Waals surface area contributed by atoms with E-state index >= 15 is 0 Å². The minimum Gasteiger partial charge on any atom is -0.493 e. The molecule has 3 aromatic rings. The number of benzene rings is 3. The monoisotopic (exact) mass is 630 g/mol. The molecule has 3 aliphatic rings. The van der Waals surface area contributed by atoms with E-state index in [2.05, 4.69) is 0 Å². The van der Waals surface area contributed by atoms with Gasteiger partial charge in [0.1, 0.15) is 59.6 Å². The van der Waals surface area contributed by atoms with E-state index in [0.29, 0.717) is 40.4 Å². The van der Waals surface area contributed by atoms with Crippen LogP contribution in [-0.2, 0) is 19.4 Å². The number of rotatable bonds is 8. The number of fused-ring (bicyclic) bond motifs is 6. The quantitative estimate of drug-likeness (QED) is 0.120. The molecule has 44 heavy (non-hydrogen) atoms. The van der Waals surface area contributed by atoms with Gasteiger partial charge >= 0.3 is 13.8 Å². The molecule has 0 aromatic heterocycles. The standard InChI is InChI=1S/C30H31O13P/c1-2-3-12-39-15-8-10-19-21(13-15)40-22-14-16(9-11-20(22)30(19)18-7-5-4-6-17(18)29(36)41-30)42-44(37,38)43-28-26(34)24(32)23(31)25(33)27(28)35/h4-11,13-14,23-28,31-35H,2-3,12H2,1H3,(H,37,38)/t23?,24-,25?,26?,27+,28?,30?/m0/s1. The van der Waals surface area contributed by atoms with Crippen LogP contribution in [-0.4, -0.2) is 79.6 Å². The molecule has 1 fully saturated rings. The fourth-order valence-electron chi connectivity index (χ4n) is 5.75. The van der Waals surface area contributed by atoms with Crippen LogP contribution < -0.4 is 14.0 Å². The average Bonchev–Trinajstić information content (AvgIpc) is 3.29. The van der Waals surface area contributed by atoms with Gasteiger partial charge in [-0.05, 0) is 36.8 Å². The average molecular weight is 631 g/mol. The van der Waals surface area contributed by atoms with Crippen LogP contribution in [0.15, 0.2) is 60.7 Å². The molecule has 6 rings (SSSR count). The number of phosphoric ester groups is 1. The molecule has 234 valence electrons. The molecule has 8 atom stereocenters. The summed E-state index contributed by atoms with van der Waals surface area (Å²) in [6.45, 7) is 2.52. The molecule has 0 saturated heterocycles. The Morgan fingerprint density at radius 3 is 2.07 bits per heavy atom. The number of ether oxygens (including phenoxy) is 3. The highest BCUT2D eigenvalue weighted by molar-refractivity contribution is 7.47. The van der Waals surface area contributed by atoms with Gasteiger partial charge in [-0.3, -0.25) is 9.42 Å². The van der Waals surface area contributed by atoms with Crippen LogP contribution in [0.2, 0.25) is 0 Å². The zero-order chi connectivity index (χ0) is 31.4. The van der Waals surface area contributed by atoms with E-state index in [-0.39, 0.29) is 11.5 Å². The van der Waals surface area contributed by atoms with Crippen LogP contribution in [0.5, 0.6) is 23.0 Å². The summed E-state index contributed by atoms with van der Waals surface area (Å²) >= 11 is 0. The minimum absolute atomic E-state index is 0.122. The molecule has 0 bridgehead atoms. The first-order valence-electron chi connectivity index (χ1n) is 14.0. The Kier molecular flexibility index (Phi) is 7.93. The Balaban J connectivity index is 1.35. The second kappa shape index (κ2) is 11.4. The highest BCUT2D eigenvalue weighted by atomic mass is 31.2. The Bertz CT molecular complexity index is 1610. The van der Waals surface area contributed by atoms with E-state index in [1.807, 2.05) is 6.92 Å². The lowest BCUT2D eigenvalue weighted by Crippen LogP contribution is -2.64. The minimum atomic E-state index is -5.14. The second-order valence-electron chi connectivity index (χ2n) is 10.8. The summed E-state index contributed by atoms with van der Waals surface area (Å²) < 4.78 is 41.3. The van der Waals surface area contributed by atoms with Gasteiger partial charge in [0.05, 0.1) is 12.2 Å². The zero-order valence-corrected chi connectivity index (χ0v) is 24.2. The van der Waals surface area contributed by atoms with E-state index in [1.165, 1.54) is 18.2 Å². The lowest BCUT2D eigenvalue weighted by molar-refractivity contribution is -0.219. The lowest BCUT2D eigenvalue weighted by Gasteiger charge is -2.41. The van der Waals surface area contributed by atoms with Crippen molar-refractivity contribution in [3.63, 3.8) is 0 Å². The Hall–Kier alpha value is -3.52. The summed E-state index contributed by atoms with van der Waals surface area (Å²) in [5.41, 5.74) is 0.458. The third kappa shape index (κ3) is 5.05. The fraction of sp³-hybridized carbons (Fsp3) is 0.367. The summed E-state index contributed by atoms with van der Waals surface area (Å²) in [6, 6.07) is 16.2. The third-order valence-electron chi connectivity index (χ3n) is 7.97. The molecule has 2 aliphatic heterocycles. The number of aliphatic hydroxyl groups is 5. The molecule has 6 N–H and O–H groups in total. The Morgan fingerprint density at radius 1 is 0.818 bits per heavy atom. The number of hydrogen-bond acceptors (Lipinski definition) is 12. The van der Waals surface area contributed by atoms with Gasteiger partial charge in [-0.2, -0.15) is 0 Å². The Labute approximate surface area is 251 Å². The van der Waals surface area contributed by atoms with Crippen LogP contribution in [0, 0.1) is 0 Å². The van der Waals surface area contributed by atoms with E-state index in [9.17, 15) is 39.8 Å². The van der Waals surface area contributed by atoms with Gasteiger partial charge in [-0.1, -0.05) is 31.5 Å². The van der Waals surface area contributed by atoms with Gasteiger partial charge in [-0.25, -0.2) is 9.36 Å². The SMILES string of the molecule is CCCCOc1ccc2c(c1)Oc1cc(OP(=O)(O)OC3C(O)[C@@H](O)C(O)C(O)[C@H]3O)ccc1C21OC(=O)c2ccccc21. The van der Waals surface area contributed by atoms with Crippen LogP contribution >= 0.6 is 7.82 Å². The molecular weight excluding hydrogens is 599 g/mol. The number of aliphatic hydroxyl groups excluding tert-OH is 5. The molecular formula is C30H31O13P. The van der Waals surface area contributed by atoms with Crippen molar-refractivity contribution in [3.05, 3.63) is 82.9 Å². The number of phosphoric acid groups is 1. The molecule has 14 heteroatoms. The van der Waals surface area contributed by atoms with Crippen molar-refractivity contribution in [1.82, 2.24) is 0 Å². The molecule has 1 saturated carbocycles. The maximum absolute atomic E-state index is 13.1. The normalized spacial score (nSPS) is 29.9. The highest BCUT2D eigenvalue weighted by Crippen LogP contribution is 2.58. The van der Waals surface area contributed by atoms with Gasteiger partial charge in [0, 0.05) is 28.8 Å². The molecule has 6 unspecified atom stereocenters. The first kappa shape index (κ1) is 30.5. The van der Waals surface area contributed by atoms with Crippen molar-refractivity contribution >= 4 is 13.8 Å². The number of carbonyl (C=O) groups excluding carboxylic acids is 1. The molecule has 2 heterocycles. The first-order chi connectivity index (χ1) is 21.0. The van der Waals surface area contributed by atoms with E-state index in [4.69, 9.17) is 23.3 Å². The molecule has 1 aliphatic carbocycles. The van der Waals surface area contributed by atoms with Crippen molar-refractivity contribution in [2.24, 2.45) is 0 Å². The van der Waals surface area contributed by atoms with Crippen LogP contribution in [0.3, 0.4) is 0 Å². The highest BCUT2D eigenvalue weighted by Gasteiger charge is 2.54. The van der Waals surface area contributed by atoms with E-state index in [1.54, 1.807) is 42.5 Å². The number of unbranched alkanes of at least 4 members (excludes halogenated alkanes) is 1. The van der Waals surface area contributed by atoms with Gasteiger partial charge in [0.15, 0.2) is 5.60 Å². The topological polar surface area (TPSA) is 202 Å². The maximum atomic E-state index is 13.1. The molecule has 3 aromatic carbocycles. The van der Waals surface area contributed by atoms with E-state index in [0.717, 1.165) is 12.8 Å². The zero-order valence-electron chi connectivity index (χ0n) is 23.3. The molecule has 0 radical (unpaired) electrons. The third-order valence-corrected chi connectivity index (χ3v) is 8.92. The predicted octanol–water partition coefficient (Wildman–Crippen LogP) is 2.12. The van der Waals surface area contributed by atoms with Crippen LogP contribution in [0.25, 0.3) is 0 Å². The van der Waals surface area contributed by atoms with Crippen molar-refractivity contribution in [2.45, 2.75) is 62.0 Å². The van der Waals surface area contributed by atoms with Gasteiger partial charge < -0.3 is 44.3 Å². The van der Waals surface area contributed by atoms with Crippen molar-refractivity contribution in [3.8, 4) is 23.0 Å². The van der Waals surface area contributed by atoms with Gasteiger partial charge in [0.25, 0.3) is 0 Å². The second-order valence-corrected chi connectivity index (χ2v) is 12.1. The molecule has 0 amide bonds. The number of carbonyl (C=O) groups is 1. The summed E-state index contributed by atoms with van der Waals surface area (Å²) in [5, 5.41) is 50.1. The lowest BCUT2D eigenvalue weighted by atomic mass is 9.77. The van der Waals surface area contributed by atoms with Crippen molar-refractivity contribution in [2.75, 3.05) is 6.61 Å². The number of esters is 1. The number of hydrogen-bond donors (Lipinski definition) is 6. The molecule has 13 nitrogen and oxygen atoms in total. The van der Waals surface area contributed by atoms with Crippen molar-refractivity contribution in [1.29, 1.82) is 0 Å². The van der Waals surface area contributed by atoms with Crippen molar-refractivity contribution < 1.29 is 63.0 Å². The maximum Gasteiger partial charge on any atom is 0.527 e. The van der Waals surface area contributed by atoms with Gasteiger partial charge in [0.2, 0.25) is 0 Å². The summed E-state index contributed by atoms with van der Waals surface area (Å²) in [7, 11) is -5.14. The molecule has 1 spiro atoms. The van der Waals surface area contributed by atoms with Crippen LogP contribution in [0.1, 0.15) is 46.8 Å².